The van der Waals surface area contributed by atoms with Gasteiger partial charge >= 0.3 is 0 Å². The Morgan fingerprint density at radius 1 is 1.20 bits per heavy atom. The minimum absolute atomic E-state index is 0.137. The molecule has 0 aliphatic carbocycles. The van der Waals surface area contributed by atoms with Crippen molar-refractivity contribution in [2.45, 2.75) is 13.8 Å². The van der Waals surface area contributed by atoms with Crippen molar-refractivity contribution in [3.05, 3.63) is 42.1 Å². The quantitative estimate of drug-likeness (QED) is 0.669. The van der Waals surface area contributed by atoms with E-state index in [2.05, 4.69) is 15.0 Å². The third-order valence-electron chi connectivity index (χ3n) is 3.37. The van der Waals surface area contributed by atoms with Gasteiger partial charge in [0, 0.05) is 25.7 Å². The molecule has 0 fully saturated rings. The van der Waals surface area contributed by atoms with Crippen molar-refractivity contribution in [2.24, 2.45) is 7.05 Å². The molecule has 0 saturated carbocycles. The molecular formula is C15H14N4O. The maximum absolute atomic E-state index is 11.3. The van der Waals surface area contributed by atoms with Crippen molar-refractivity contribution in [1.82, 2.24) is 19.5 Å². The smallest absolute Gasteiger partial charge is 0.196 e. The Morgan fingerprint density at radius 3 is 2.75 bits per heavy atom. The van der Waals surface area contributed by atoms with Gasteiger partial charge in [0.05, 0.1) is 16.7 Å². The number of rotatable bonds is 2. The summed E-state index contributed by atoms with van der Waals surface area (Å²) >= 11 is 0. The van der Waals surface area contributed by atoms with E-state index in [1.807, 2.05) is 36.7 Å². The number of imidazole rings is 1. The number of aromatic nitrogens is 4. The number of nitrogens with zero attached hydrogens (tertiary/aromatic N) is 4. The van der Waals surface area contributed by atoms with Crippen LogP contribution >= 0.6 is 0 Å². The molecule has 100 valence electrons. The van der Waals surface area contributed by atoms with Gasteiger partial charge in [-0.05, 0) is 25.1 Å². The van der Waals surface area contributed by atoms with Crippen LogP contribution in [-0.4, -0.2) is 25.3 Å². The maximum atomic E-state index is 11.3. The lowest BCUT2D eigenvalue weighted by molar-refractivity contribution is 0.100. The number of ketones is 1. The fraction of sp³-hybridized carbons (Fsp3) is 0.200. The lowest BCUT2D eigenvalue weighted by atomic mass is 10.1. The number of hydrogen-bond donors (Lipinski definition) is 0. The maximum Gasteiger partial charge on any atom is 0.196 e. The standard InChI is InChI=1S/C15H14N4O/c1-9(20)15-16-7-6-12(18-15)11-4-5-14-13(8-11)17-10(2)19(14)3/h4-8H,1-3H3. The van der Waals surface area contributed by atoms with Crippen LogP contribution in [0.5, 0.6) is 0 Å². The zero-order valence-corrected chi connectivity index (χ0v) is 11.6. The number of hydrogen-bond acceptors (Lipinski definition) is 4. The predicted octanol–water partition coefficient (Wildman–Crippen LogP) is 2.54. The van der Waals surface area contributed by atoms with Crippen molar-refractivity contribution in [1.29, 1.82) is 0 Å². The summed E-state index contributed by atoms with van der Waals surface area (Å²) in [6, 6.07) is 7.77. The van der Waals surface area contributed by atoms with E-state index in [4.69, 9.17) is 0 Å². The molecule has 0 spiro atoms. The summed E-state index contributed by atoms with van der Waals surface area (Å²) in [6.45, 7) is 3.43. The summed E-state index contributed by atoms with van der Waals surface area (Å²) in [5, 5.41) is 0. The molecule has 5 heteroatoms. The lowest BCUT2D eigenvalue weighted by Gasteiger charge is -2.02. The zero-order chi connectivity index (χ0) is 14.3. The number of carbonyl (C=O) groups excluding carboxylic acids is 1. The van der Waals surface area contributed by atoms with Crippen molar-refractivity contribution < 1.29 is 4.79 Å². The molecule has 5 nitrogen and oxygen atoms in total. The Hall–Kier alpha value is -2.56. The first-order valence-corrected chi connectivity index (χ1v) is 6.33. The Balaban J connectivity index is 2.14. The molecule has 0 radical (unpaired) electrons. The summed E-state index contributed by atoms with van der Waals surface area (Å²) in [4.78, 5) is 24.1. The largest absolute Gasteiger partial charge is 0.331 e. The Bertz CT molecular complexity index is 820. The average molecular weight is 266 g/mol. The monoisotopic (exact) mass is 266 g/mol. The fourth-order valence-corrected chi connectivity index (χ4v) is 2.17. The van der Waals surface area contributed by atoms with Crippen LogP contribution in [0.1, 0.15) is 23.4 Å². The van der Waals surface area contributed by atoms with Gasteiger partial charge < -0.3 is 4.57 Å². The van der Waals surface area contributed by atoms with Gasteiger partial charge in [0.15, 0.2) is 11.6 Å². The van der Waals surface area contributed by atoms with Gasteiger partial charge in [-0.2, -0.15) is 0 Å². The van der Waals surface area contributed by atoms with Crippen molar-refractivity contribution in [2.75, 3.05) is 0 Å². The van der Waals surface area contributed by atoms with E-state index in [0.29, 0.717) is 0 Å². The first-order chi connectivity index (χ1) is 9.56. The third-order valence-corrected chi connectivity index (χ3v) is 3.37. The highest BCUT2D eigenvalue weighted by Gasteiger charge is 2.09. The van der Waals surface area contributed by atoms with Gasteiger partial charge in [0.25, 0.3) is 0 Å². The van der Waals surface area contributed by atoms with Gasteiger partial charge in [-0.15, -0.1) is 0 Å². The normalized spacial score (nSPS) is 10.9. The minimum atomic E-state index is -0.137. The van der Waals surface area contributed by atoms with E-state index in [1.165, 1.54) is 6.92 Å². The van der Waals surface area contributed by atoms with Crippen LogP contribution in [0.25, 0.3) is 22.3 Å². The van der Waals surface area contributed by atoms with Crippen molar-refractivity contribution in [3.8, 4) is 11.3 Å². The molecular weight excluding hydrogens is 252 g/mol. The van der Waals surface area contributed by atoms with Gasteiger partial charge in [-0.25, -0.2) is 15.0 Å². The Labute approximate surface area is 116 Å². The summed E-state index contributed by atoms with van der Waals surface area (Å²) in [7, 11) is 1.99. The van der Waals surface area contributed by atoms with E-state index in [-0.39, 0.29) is 11.6 Å². The zero-order valence-electron chi connectivity index (χ0n) is 11.6. The van der Waals surface area contributed by atoms with E-state index >= 15 is 0 Å². The fourth-order valence-electron chi connectivity index (χ4n) is 2.17. The molecule has 3 aromatic rings. The Kier molecular flexibility index (Phi) is 2.82. The van der Waals surface area contributed by atoms with Crippen LogP contribution in [0, 0.1) is 6.92 Å². The molecule has 3 rings (SSSR count). The van der Waals surface area contributed by atoms with Crippen molar-refractivity contribution in [3.63, 3.8) is 0 Å². The summed E-state index contributed by atoms with van der Waals surface area (Å²) < 4.78 is 2.04. The second-order valence-electron chi connectivity index (χ2n) is 4.74. The van der Waals surface area contributed by atoms with E-state index in [9.17, 15) is 4.79 Å². The van der Waals surface area contributed by atoms with Crippen LogP contribution < -0.4 is 0 Å². The van der Waals surface area contributed by atoms with Crippen LogP contribution in [0.2, 0.25) is 0 Å². The van der Waals surface area contributed by atoms with E-state index in [1.54, 1.807) is 12.3 Å². The molecule has 0 unspecified atom stereocenters. The van der Waals surface area contributed by atoms with Crippen LogP contribution in [-0.2, 0) is 7.05 Å². The molecule has 0 amide bonds. The topological polar surface area (TPSA) is 60.7 Å². The SMILES string of the molecule is CC(=O)c1nccc(-c2ccc3c(c2)nc(C)n3C)n1. The number of benzene rings is 1. The number of carbonyl (C=O) groups is 1. The second-order valence-corrected chi connectivity index (χ2v) is 4.74. The third kappa shape index (κ3) is 1.97. The number of aryl methyl sites for hydroxylation is 2. The lowest BCUT2D eigenvalue weighted by Crippen LogP contribution is -2.01. The average Bonchev–Trinajstić information content (AvgIpc) is 2.74. The van der Waals surface area contributed by atoms with Gasteiger partial charge in [-0.1, -0.05) is 6.07 Å². The van der Waals surface area contributed by atoms with Crippen molar-refractivity contribution >= 4 is 16.8 Å². The molecule has 0 N–H and O–H groups in total. The molecule has 0 aliphatic rings. The predicted molar refractivity (Wildman–Crippen MR) is 76.5 cm³/mol. The summed E-state index contributed by atoms with van der Waals surface area (Å²) in [5.74, 6) is 1.06. The number of Topliss-reactive ketones (excluding diaryl/α,β-unsaturated/α-hetero) is 1. The highest BCUT2D eigenvalue weighted by Crippen LogP contribution is 2.23. The molecule has 2 aromatic heterocycles. The van der Waals surface area contributed by atoms with E-state index < -0.39 is 0 Å². The molecule has 0 aliphatic heterocycles. The highest BCUT2D eigenvalue weighted by atomic mass is 16.1. The summed E-state index contributed by atoms with van der Waals surface area (Å²) in [5.41, 5.74) is 3.66. The molecule has 20 heavy (non-hydrogen) atoms. The molecule has 2 heterocycles. The van der Waals surface area contributed by atoms with Crippen LogP contribution in [0.15, 0.2) is 30.5 Å². The first kappa shape index (κ1) is 12.5. The highest BCUT2D eigenvalue weighted by molar-refractivity contribution is 5.91. The van der Waals surface area contributed by atoms with Gasteiger partial charge in [0.2, 0.25) is 0 Å². The van der Waals surface area contributed by atoms with E-state index in [0.717, 1.165) is 28.1 Å². The molecule has 1 aromatic carbocycles. The second kappa shape index (κ2) is 4.52. The van der Waals surface area contributed by atoms with Crippen LogP contribution in [0.4, 0.5) is 0 Å². The van der Waals surface area contributed by atoms with Gasteiger partial charge in [0.1, 0.15) is 5.82 Å². The summed E-state index contributed by atoms with van der Waals surface area (Å²) in [6.07, 6.45) is 1.60. The minimum Gasteiger partial charge on any atom is -0.331 e. The first-order valence-electron chi connectivity index (χ1n) is 6.33. The molecule has 0 saturated heterocycles. The van der Waals surface area contributed by atoms with Crippen LogP contribution in [0.3, 0.4) is 0 Å². The van der Waals surface area contributed by atoms with Gasteiger partial charge in [-0.3, -0.25) is 4.79 Å². The number of fused-ring (bicyclic) bond motifs is 1. The Morgan fingerprint density at radius 2 is 2.00 bits per heavy atom. The molecule has 0 atom stereocenters. The molecule has 0 bridgehead atoms.